The van der Waals surface area contributed by atoms with Crippen LogP contribution in [-0.4, -0.2) is 53.3 Å². The summed E-state index contributed by atoms with van der Waals surface area (Å²) in [6.07, 6.45) is 0. The first-order valence-corrected chi connectivity index (χ1v) is 8.54. The lowest BCUT2D eigenvalue weighted by atomic mass is 10.1. The van der Waals surface area contributed by atoms with E-state index in [-0.39, 0.29) is 24.9 Å². The molecular formula is C20H24N2O6. The number of methoxy groups -OCH3 is 4. The van der Waals surface area contributed by atoms with Crippen molar-refractivity contribution in [1.29, 1.82) is 0 Å². The number of hydrogen-bond acceptors (Lipinski definition) is 6. The molecule has 2 amide bonds. The van der Waals surface area contributed by atoms with E-state index in [1.165, 1.54) is 28.4 Å². The minimum absolute atomic E-state index is 0.249. The first kappa shape index (κ1) is 20.9. The van der Waals surface area contributed by atoms with E-state index in [0.29, 0.717) is 34.1 Å². The van der Waals surface area contributed by atoms with Gasteiger partial charge in [0.1, 0.15) is 5.75 Å². The van der Waals surface area contributed by atoms with Gasteiger partial charge in [-0.2, -0.15) is 0 Å². The number of rotatable bonds is 9. The Balaban J connectivity index is 1.92. The van der Waals surface area contributed by atoms with Crippen molar-refractivity contribution in [2.24, 2.45) is 0 Å². The zero-order chi connectivity index (χ0) is 20.5. The molecule has 150 valence electrons. The molecule has 2 N–H and O–H groups in total. The quantitative estimate of drug-likeness (QED) is 0.637. The van der Waals surface area contributed by atoms with Crippen LogP contribution in [0.5, 0.6) is 23.0 Å². The van der Waals surface area contributed by atoms with Gasteiger partial charge in [0.05, 0.1) is 28.4 Å². The maximum Gasteiger partial charge on any atom is 0.251 e. The van der Waals surface area contributed by atoms with Crippen LogP contribution in [0.25, 0.3) is 0 Å². The van der Waals surface area contributed by atoms with Gasteiger partial charge < -0.3 is 29.6 Å². The third kappa shape index (κ3) is 5.06. The molecule has 2 aromatic carbocycles. The lowest BCUT2D eigenvalue weighted by Gasteiger charge is -2.14. The molecule has 0 atom stereocenters. The van der Waals surface area contributed by atoms with E-state index in [1.54, 1.807) is 36.4 Å². The first-order chi connectivity index (χ1) is 13.5. The molecule has 0 saturated carbocycles. The number of ether oxygens (including phenoxy) is 4. The van der Waals surface area contributed by atoms with Crippen LogP contribution in [0.15, 0.2) is 36.4 Å². The van der Waals surface area contributed by atoms with E-state index < -0.39 is 0 Å². The van der Waals surface area contributed by atoms with Crippen LogP contribution in [0.3, 0.4) is 0 Å². The van der Waals surface area contributed by atoms with Crippen LogP contribution in [0, 0.1) is 0 Å². The Bertz CT molecular complexity index is 812. The van der Waals surface area contributed by atoms with Gasteiger partial charge in [-0.25, -0.2) is 0 Å². The molecule has 0 unspecified atom stereocenters. The molecule has 0 heterocycles. The zero-order valence-electron chi connectivity index (χ0n) is 16.3. The van der Waals surface area contributed by atoms with Crippen LogP contribution < -0.4 is 29.6 Å². The van der Waals surface area contributed by atoms with E-state index in [2.05, 4.69) is 10.6 Å². The monoisotopic (exact) mass is 388 g/mol. The highest BCUT2D eigenvalue weighted by atomic mass is 16.5. The number of amides is 2. The van der Waals surface area contributed by atoms with E-state index in [9.17, 15) is 9.59 Å². The molecule has 8 heteroatoms. The molecule has 0 spiro atoms. The van der Waals surface area contributed by atoms with Crippen LogP contribution in [0.4, 0.5) is 0 Å². The molecule has 0 radical (unpaired) electrons. The fourth-order valence-corrected chi connectivity index (χ4v) is 2.53. The zero-order valence-corrected chi connectivity index (χ0v) is 16.3. The minimum atomic E-state index is -0.324. The van der Waals surface area contributed by atoms with Gasteiger partial charge in [-0.3, -0.25) is 9.59 Å². The van der Waals surface area contributed by atoms with Crippen LogP contribution >= 0.6 is 0 Å². The summed E-state index contributed by atoms with van der Waals surface area (Å²) in [7, 11) is 5.99. The second-order valence-corrected chi connectivity index (χ2v) is 5.66. The molecule has 8 nitrogen and oxygen atoms in total. The van der Waals surface area contributed by atoms with Gasteiger partial charge in [0.15, 0.2) is 11.5 Å². The number of benzene rings is 2. The normalized spacial score (nSPS) is 10.0. The van der Waals surface area contributed by atoms with Crippen LogP contribution in [0.2, 0.25) is 0 Å². The Morgan fingerprint density at radius 1 is 0.750 bits per heavy atom. The number of carbonyl (C=O) groups is 2. The third-order valence-corrected chi connectivity index (χ3v) is 3.95. The minimum Gasteiger partial charge on any atom is -0.497 e. The second-order valence-electron chi connectivity index (χ2n) is 5.66. The summed E-state index contributed by atoms with van der Waals surface area (Å²) >= 11 is 0. The largest absolute Gasteiger partial charge is 0.497 e. The summed E-state index contributed by atoms with van der Waals surface area (Å²) in [5, 5.41) is 5.48. The van der Waals surface area contributed by atoms with Gasteiger partial charge in [-0.1, -0.05) is 6.07 Å². The molecule has 28 heavy (non-hydrogen) atoms. The van der Waals surface area contributed by atoms with E-state index >= 15 is 0 Å². The summed E-state index contributed by atoms with van der Waals surface area (Å²) in [6, 6.07) is 9.95. The van der Waals surface area contributed by atoms with E-state index in [0.717, 1.165) is 0 Å². The molecule has 0 aliphatic heterocycles. The van der Waals surface area contributed by atoms with Crippen molar-refractivity contribution in [2.45, 2.75) is 0 Å². The van der Waals surface area contributed by atoms with Crippen molar-refractivity contribution in [3.8, 4) is 23.0 Å². The highest BCUT2D eigenvalue weighted by molar-refractivity contribution is 5.96. The molecule has 2 rings (SSSR count). The number of nitrogens with one attached hydrogen (secondary N) is 2. The smallest absolute Gasteiger partial charge is 0.251 e. The van der Waals surface area contributed by atoms with Crippen molar-refractivity contribution in [2.75, 3.05) is 41.5 Å². The molecule has 2 aromatic rings. The Kier molecular flexibility index (Phi) is 7.50. The molecule has 0 bridgehead atoms. The van der Waals surface area contributed by atoms with Gasteiger partial charge in [-0.05, 0) is 30.3 Å². The predicted octanol–water partition coefficient (Wildman–Crippen LogP) is 1.88. The maximum atomic E-state index is 12.4. The standard InChI is InChI=1S/C20H24N2O6/c1-25-15-7-5-6-13(10-15)19(23)21-8-9-22-20(24)14-11-16(26-2)18(28-4)17(12-14)27-3/h5-7,10-12H,8-9H2,1-4H3,(H,21,23)(H,22,24). The summed E-state index contributed by atoms with van der Waals surface area (Å²) in [5.74, 6) is 1.21. The Morgan fingerprint density at radius 3 is 1.82 bits per heavy atom. The van der Waals surface area contributed by atoms with Crippen molar-refractivity contribution >= 4 is 11.8 Å². The van der Waals surface area contributed by atoms with Gasteiger partial charge >= 0.3 is 0 Å². The van der Waals surface area contributed by atoms with E-state index in [1.807, 2.05) is 0 Å². The fraction of sp³-hybridized carbons (Fsp3) is 0.300. The fourth-order valence-electron chi connectivity index (χ4n) is 2.53. The lowest BCUT2D eigenvalue weighted by Crippen LogP contribution is -2.34. The Labute approximate surface area is 163 Å². The Hall–Kier alpha value is -3.42. The summed E-state index contributed by atoms with van der Waals surface area (Å²) in [6.45, 7) is 0.525. The molecular weight excluding hydrogens is 364 g/mol. The highest BCUT2D eigenvalue weighted by Gasteiger charge is 2.16. The third-order valence-electron chi connectivity index (χ3n) is 3.95. The average Bonchev–Trinajstić information content (AvgIpc) is 2.75. The first-order valence-electron chi connectivity index (χ1n) is 8.54. The van der Waals surface area contributed by atoms with Gasteiger partial charge in [0, 0.05) is 24.2 Å². The van der Waals surface area contributed by atoms with Crippen molar-refractivity contribution in [1.82, 2.24) is 10.6 Å². The number of carbonyl (C=O) groups excluding carboxylic acids is 2. The Morgan fingerprint density at radius 2 is 1.32 bits per heavy atom. The topological polar surface area (TPSA) is 95.1 Å². The van der Waals surface area contributed by atoms with Crippen molar-refractivity contribution < 1.29 is 28.5 Å². The molecule has 0 aromatic heterocycles. The van der Waals surface area contributed by atoms with Crippen molar-refractivity contribution in [3.63, 3.8) is 0 Å². The maximum absolute atomic E-state index is 12.4. The average molecular weight is 388 g/mol. The lowest BCUT2D eigenvalue weighted by molar-refractivity contribution is 0.0927. The number of hydrogen-bond donors (Lipinski definition) is 2. The highest BCUT2D eigenvalue weighted by Crippen LogP contribution is 2.38. The van der Waals surface area contributed by atoms with Crippen LogP contribution in [-0.2, 0) is 0 Å². The molecule has 0 aliphatic rings. The second kappa shape index (κ2) is 10.1. The predicted molar refractivity (Wildman–Crippen MR) is 104 cm³/mol. The van der Waals surface area contributed by atoms with Crippen molar-refractivity contribution in [3.05, 3.63) is 47.5 Å². The summed E-state index contributed by atoms with van der Waals surface area (Å²) < 4.78 is 20.8. The molecule has 0 aliphatic carbocycles. The molecule has 0 fully saturated rings. The van der Waals surface area contributed by atoms with Gasteiger partial charge in [0.2, 0.25) is 5.75 Å². The SMILES string of the molecule is COc1cccc(C(=O)NCCNC(=O)c2cc(OC)c(OC)c(OC)c2)c1. The van der Waals surface area contributed by atoms with Gasteiger partial charge in [-0.15, -0.1) is 0 Å². The summed E-state index contributed by atoms with van der Waals surface area (Å²) in [5.41, 5.74) is 0.837. The molecule has 0 saturated heterocycles. The van der Waals surface area contributed by atoms with Crippen LogP contribution in [0.1, 0.15) is 20.7 Å². The van der Waals surface area contributed by atoms with E-state index in [4.69, 9.17) is 18.9 Å². The summed E-state index contributed by atoms with van der Waals surface area (Å²) in [4.78, 5) is 24.5. The van der Waals surface area contributed by atoms with Gasteiger partial charge in [0.25, 0.3) is 11.8 Å².